The van der Waals surface area contributed by atoms with Gasteiger partial charge in [-0.05, 0) is 44.0 Å². The molecular weight excluding hydrogens is 250 g/mol. The number of nitrogens with one attached hydrogen (secondary N) is 1. The number of benzene rings is 1. The number of imidazole rings is 1. The van der Waals surface area contributed by atoms with Gasteiger partial charge in [0.2, 0.25) is 0 Å². The molecule has 0 aliphatic rings. The predicted octanol–water partition coefficient (Wildman–Crippen LogP) is 2.36. The molecule has 1 aromatic carbocycles. The topological polar surface area (TPSA) is 46.9 Å². The van der Waals surface area contributed by atoms with E-state index in [2.05, 4.69) is 17.2 Å². The van der Waals surface area contributed by atoms with Gasteiger partial charge < -0.3 is 9.88 Å². The third-order valence-corrected chi connectivity index (χ3v) is 3.44. The van der Waals surface area contributed by atoms with Crippen LogP contribution >= 0.6 is 0 Å². The van der Waals surface area contributed by atoms with Gasteiger partial charge in [0.25, 0.3) is 0 Å². The Hall–Kier alpha value is -1.94. The molecular formula is C16H21N3O. The Morgan fingerprint density at radius 3 is 2.85 bits per heavy atom. The van der Waals surface area contributed by atoms with E-state index in [0.29, 0.717) is 6.54 Å². The van der Waals surface area contributed by atoms with E-state index >= 15 is 0 Å². The molecule has 0 saturated heterocycles. The Morgan fingerprint density at radius 2 is 2.15 bits per heavy atom. The van der Waals surface area contributed by atoms with Crippen molar-refractivity contribution in [2.45, 2.75) is 26.8 Å². The SMILES string of the molecule is Cc1ccc(C(=O)CNCCCn2ccnc2)cc1C. The average molecular weight is 271 g/mol. The van der Waals surface area contributed by atoms with Crippen molar-refractivity contribution >= 4 is 5.78 Å². The van der Waals surface area contributed by atoms with E-state index in [1.54, 1.807) is 12.5 Å². The van der Waals surface area contributed by atoms with E-state index in [9.17, 15) is 4.79 Å². The minimum Gasteiger partial charge on any atom is -0.337 e. The monoisotopic (exact) mass is 271 g/mol. The molecule has 1 aromatic heterocycles. The molecule has 0 saturated carbocycles. The molecule has 0 unspecified atom stereocenters. The van der Waals surface area contributed by atoms with E-state index in [1.807, 2.05) is 35.9 Å². The molecule has 0 radical (unpaired) electrons. The third kappa shape index (κ3) is 4.03. The molecule has 0 bridgehead atoms. The van der Waals surface area contributed by atoms with Gasteiger partial charge >= 0.3 is 0 Å². The van der Waals surface area contributed by atoms with Gasteiger partial charge in [0.15, 0.2) is 5.78 Å². The Labute approximate surface area is 119 Å². The van der Waals surface area contributed by atoms with Crippen LogP contribution in [0.1, 0.15) is 27.9 Å². The predicted molar refractivity (Wildman–Crippen MR) is 80.0 cm³/mol. The Bertz CT molecular complexity index is 561. The van der Waals surface area contributed by atoms with Gasteiger partial charge in [0.05, 0.1) is 12.9 Å². The molecule has 0 fully saturated rings. The smallest absolute Gasteiger partial charge is 0.176 e. The number of aromatic nitrogens is 2. The fraction of sp³-hybridized carbons (Fsp3) is 0.375. The van der Waals surface area contributed by atoms with Crippen LogP contribution in [0.2, 0.25) is 0 Å². The van der Waals surface area contributed by atoms with Crippen molar-refractivity contribution in [2.75, 3.05) is 13.1 Å². The second kappa shape index (κ2) is 7.01. The molecule has 0 atom stereocenters. The zero-order valence-electron chi connectivity index (χ0n) is 12.1. The van der Waals surface area contributed by atoms with Crippen LogP contribution < -0.4 is 5.32 Å². The Morgan fingerprint density at radius 1 is 1.30 bits per heavy atom. The molecule has 20 heavy (non-hydrogen) atoms. The largest absolute Gasteiger partial charge is 0.337 e. The highest BCUT2D eigenvalue weighted by molar-refractivity contribution is 5.97. The summed E-state index contributed by atoms with van der Waals surface area (Å²) >= 11 is 0. The Kier molecular flexibility index (Phi) is 5.07. The molecule has 0 amide bonds. The van der Waals surface area contributed by atoms with Gasteiger partial charge in [-0.1, -0.05) is 12.1 Å². The number of ketones is 1. The van der Waals surface area contributed by atoms with E-state index in [1.165, 1.54) is 5.56 Å². The van der Waals surface area contributed by atoms with Gasteiger partial charge in [0, 0.05) is 24.5 Å². The zero-order chi connectivity index (χ0) is 14.4. The van der Waals surface area contributed by atoms with Crippen molar-refractivity contribution in [1.82, 2.24) is 14.9 Å². The van der Waals surface area contributed by atoms with Crippen LogP contribution in [0, 0.1) is 13.8 Å². The van der Waals surface area contributed by atoms with Crippen molar-refractivity contribution in [1.29, 1.82) is 0 Å². The summed E-state index contributed by atoms with van der Waals surface area (Å²) in [6.45, 7) is 6.23. The first-order chi connectivity index (χ1) is 9.66. The highest BCUT2D eigenvalue weighted by Gasteiger charge is 2.06. The quantitative estimate of drug-likeness (QED) is 0.621. The first-order valence-electron chi connectivity index (χ1n) is 6.94. The van der Waals surface area contributed by atoms with Crippen LogP contribution in [-0.2, 0) is 6.54 Å². The number of rotatable bonds is 7. The molecule has 4 nitrogen and oxygen atoms in total. The highest BCUT2D eigenvalue weighted by Crippen LogP contribution is 2.10. The number of nitrogens with zero attached hydrogens (tertiary/aromatic N) is 2. The summed E-state index contributed by atoms with van der Waals surface area (Å²) in [6, 6.07) is 5.87. The normalized spacial score (nSPS) is 10.7. The number of hydrogen-bond donors (Lipinski definition) is 1. The van der Waals surface area contributed by atoms with Crippen LogP contribution in [0.4, 0.5) is 0 Å². The average Bonchev–Trinajstić information content (AvgIpc) is 2.94. The van der Waals surface area contributed by atoms with E-state index in [0.717, 1.165) is 30.6 Å². The summed E-state index contributed by atoms with van der Waals surface area (Å²) < 4.78 is 2.03. The minimum absolute atomic E-state index is 0.149. The van der Waals surface area contributed by atoms with Gasteiger partial charge in [0.1, 0.15) is 0 Å². The molecule has 0 aliphatic heterocycles. The third-order valence-electron chi connectivity index (χ3n) is 3.44. The van der Waals surface area contributed by atoms with Gasteiger partial charge in [-0.15, -0.1) is 0 Å². The molecule has 1 N–H and O–H groups in total. The molecule has 0 spiro atoms. The fourth-order valence-electron chi connectivity index (χ4n) is 2.02. The standard InChI is InChI=1S/C16H21N3O/c1-13-4-5-15(10-14(13)2)16(20)11-17-6-3-8-19-9-7-18-12-19/h4-5,7,9-10,12,17H,3,6,8,11H2,1-2H3. The fourth-order valence-corrected chi connectivity index (χ4v) is 2.02. The molecule has 2 rings (SSSR count). The number of aryl methyl sites for hydroxylation is 3. The van der Waals surface area contributed by atoms with Crippen molar-refractivity contribution in [2.24, 2.45) is 0 Å². The number of carbonyl (C=O) groups excluding carboxylic acids is 1. The van der Waals surface area contributed by atoms with E-state index in [-0.39, 0.29) is 5.78 Å². The summed E-state index contributed by atoms with van der Waals surface area (Å²) in [6.07, 6.45) is 6.51. The van der Waals surface area contributed by atoms with E-state index in [4.69, 9.17) is 0 Å². The number of hydrogen-bond acceptors (Lipinski definition) is 3. The van der Waals surface area contributed by atoms with Crippen molar-refractivity contribution in [3.8, 4) is 0 Å². The lowest BCUT2D eigenvalue weighted by molar-refractivity contribution is 0.0991. The first kappa shape index (κ1) is 14.5. The minimum atomic E-state index is 0.149. The van der Waals surface area contributed by atoms with Crippen LogP contribution in [0.5, 0.6) is 0 Å². The zero-order valence-corrected chi connectivity index (χ0v) is 12.1. The molecule has 4 heteroatoms. The van der Waals surface area contributed by atoms with Crippen LogP contribution in [0.15, 0.2) is 36.9 Å². The lowest BCUT2D eigenvalue weighted by Gasteiger charge is -2.07. The first-order valence-corrected chi connectivity index (χ1v) is 6.94. The molecule has 106 valence electrons. The van der Waals surface area contributed by atoms with Crippen molar-refractivity contribution in [3.63, 3.8) is 0 Å². The van der Waals surface area contributed by atoms with Crippen molar-refractivity contribution < 1.29 is 4.79 Å². The maximum absolute atomic E-state index is 12.0. The summed E-state index contributed by atoms with van der Waals surface area (Å²) in [4.78, 5) is 16.0. The van der Waals surface area contributed by atoms with Gasteiger partial charge in [-0.3, -0.25) is 4.79 Å². The summed E-state index contributed by atoms with van der Waals surface area (Å²) in [5.74, 6) is 0.149. The van der Waals surface area contributed by atoms with Gasteiger partial charge in [-0.2, -0.15) is 0 Å². The maximum atomic E-state index is 12.0. The molecule has 0 aliphatic carbocycles. The van der Waals surface area contributed by atoms with E-state index < -0.39 is 0 Å². The summed E-state index contributed by atoms with van der Waals surface area (Å²) in [5, 5.41) is 3.20. The van der Waals surface area contributed by atoms with Crippen LogP contribution in [-0.4, -0.2) is 28.4 Å². The molecule has 1 heterocycles. The van der Waals surface area contributed by atoms with Crippen LogP contribution in [0.3, 0.4) is 0 Å². The number of carbonyl (C=O) groups is 1. The summed E-state index contributed by atoms with van der Waals surface area (Å²) in [7, 11) is 0. The lowest BCUT2D eigenvalue weighted by Crippen LogP contribution is -2.24. The number of Topliss-reactive ketones (excluding diaryl/α,β-unsaturated/α-hetero) is 1. The maximum Gasteiger partial charge on any atom is 0.176 e. The second-order valence-electron chi connectivity index (χ2n) is 5.05. The van der Waals surface area contributed by atoms with Gasteiger partial charge in [-0.25, -0.2) is 4.98 Å². The second-order valence-corrected chi connectivity index (χ2v) is 5.05. The Balaban J connectivity index is 1.70. The lowest BCUT2D eigenvalue weighted by atomic mass is 10.0. The van der Waals surface area contributed by atoms with Crippen LogP contribution in [0.25, 0.3) is 0 Å². The highest BCUT2D eigenvalue weighted by atomic mass is 16.1. The molecule has 2 aromatic rings. The van der Waals surface area contributed by atoms with Crippen molar-refractivity contribution in [3.05, 3.63) is 53.6 Å². The summed E-state index contributed by atoms with van der Waals surface area (Å²) in [5.41, 5.74) is 3.17.